The Morgan fingerprint density at radius 3 is 2.46 bits per heavy atom. The molecule has 0 aliphatic carbocycles. The third kappa shape index (κ3) is 5.76. The lowest BCUT2D eigenvalue weighted by Gasteiger charge is -2.31. The maximum atomic E-state index is 12.5. The highest BCUT2D eigenvalue weighted by Crippen LogP contribution is 2.14. The van der Waals surface area contributed by atoms with E-state index in [-0.39, 0.29) is 23.3 Å². The molecule has 28 heavy (non-hydrogen) atoms. The molecule has 2 heterocycles. The molecular formula is C22H29N3O3. The molecule has 3 rings (SSSR count). The lowest BCUT2D eigenvalue weighted by molar-refractivity contribution is 0.0630. The van der Waals surface area contributed by atoms with Gasteiger partial charge in [-0.25, -0.2) is 4.98 Å². The van der Waals surface area contributed by atoms with Crippen LogP contribution in [-0.4, -0.2) is 59.7 Å². The molecule has 1 aromatic carbocycles. The summed E-state index contributed by atoms with van der Waals surface area (Å²) in [6.45, 7) is 3.02. The maximum absolute atomic E-state index is 12.5. The van der Waals surface area contributed by atoms with Crippen LogP contribution in [0.1, 0.15) is 58.9 Å². The normalized spacial score (nSPS) is 15.0. The third-order valence-corrected chi connectivity index (χ3v) is 5.21. The number of piperazine rings is 1. The Morgan fingerprint density at radius 2 is 1.71 bits per heavy atom. The minimum absolute atomic E-state index is 0.0572. The van der Waals surface area contributed by atoms with Crippen LogP contribution in [0.5, 0.6) is 0 Å². The van der Waals surface area contributed by atoms with Gasteiger partial charge in [0.2, 0.25) is 11.5 Å². The number of aromatic nitrogens is 1. The Balaban J connectivity index is 1.36. The molecule has 0 radical (unpaired) electrons. The number of likely N-dealkylation sites (N-methyl/N-ethyl adjacent to an activating group) is 1. The van der Waals surface area contributed by atoms with E-state index in [1.165, 1.54) is 11.8 Å². The lowest BCUT2D eigenvalue weighted by atomic mass is 10.0. The molecule has 0 bridgehead atoms. The van der Waals surface area contributed by atoms with Crippen molar-refractivity contribution in [3.05, 3.63) is 53.7 Å². The standard InChI is InChI=1S/C22H29N3O3/c1-24-13-15-25(16-14-24)22(27)20-17-23-21(28-20)19(26)12-8-3-2-5-9-18-10-6-4-7-11-18/h4,6-7,10-11,17H,2-3,5,8-9,12-16H2,1H3. The Labute approximate surface area is 166 Å². The van der Waals surface area contributed by atoms with E-state index in [1.54, 1.807) is 4.90 Å². The van der Waals surface area contributed by atoms with Gasteiger partial charge in [-0.05, 0) is 31.9 Å². The summed E-state index contributed by atoms with van der Waals surface area (Å²) in [4.78, 5) is 32.7. The van der Waals surface area contributed by atoms with Crippen molar-refractivity contribution in [2.45, 2.75) is 38.5 Å². The first kappa shape index (κ1) is 20.3. The molecule has 0 atom stereocenters. The Hall–Kier alpha value is -2.47. The van der Waals surface area contributed by atoms with E-state index in [4.69, 9.17) is 4.42 Å². The minimum atomic E-state index is -0.180. The number of aryl methyl sites for hydroxylation is 1. The summed E-state index contributed by atoms with van der Waals surface area (Å²) in [5.74, 6) is -0.0847. The zero-order chi connectivity index (χ0) is 19.8. The van der Waals surface area contributed by atoms with Crippen LogP contribution in [0.3, 0.4) is 0 Å². The summed E-state index contributed by atoms with van der Waals surface area (Å²) < 4.78 is 5.46. The van der Waals surface area contributed by atoms with Crippen molar-refractivity contribution in [2.75, 3.05) is 33.2 Å². The van der Waals surface area contributed by atoms with Crippen molar-refractivity contribution < 1.29 is 14.0 Å². The summed E-state index contributed by atoms with van der Waals surface area (Å²) in [6, 6.07) is 10.4. The van der Waals surface area contributed by atoms with E-state index in [0.717, 1.165) is 45.2 Å². The average Bonchev–Trinajstić information content (AvgIpc) is 3.21. The van der Waals surface area contributed by atoms with E-state index < -0.39 is 0 Å². The number of unbranched alkanes of at least 4 members (excludes halogenated alkanes) is 3. The molecule has 1 aliphatic heterocycles. The van der Waals surface area contributed by atoms with Crippen LogP contribution < -0.4 is 0 Å². The number of hydrogen-bond donors (Lipinski definition) is 0. The van der Waals surface area contributed by atoms with Crippen molar-refractivity contribution in [1.82, 2.24) is 14.8 Å². The fraction of sp³-hybridized carbons (Fsp3) is 0.500. The highest BCUT2D eigenvalue weighted by atomic mass is 16.4. The highest BCUT2D eigenvalue weighted by Gasteiger charge is 2.24. The number of carbonyl (C=O) groups excluding carboxylic acids is 2. The zero-order valence-electron chi connectivity index (χ0n) is 16.6. The average molecular weight is 383 g/mol. The molecule has 1 saturated heterocycles. The van der Waals surface area contributed by atoms with Crippen LogP contribution in [0.25, 0.3) is 0 Å². The van der Waals surface area contributed by atoms with Crippen molar-refractivity contribution in [3.8, 4) is 0 Å². The summed E-state index contributed by atoms with van der Waals surface area (Å²) in [7, 11) is 2.04. The van der Waals surface area contributed by atoms with Crippen molar-refractivity contribution in [3.63, 3.8) is 0 Å². The number of rotatable bonds is 9. The Bertz CT molecular complexity index is 764. The van der Waals surface area contributed by atoms with Crippen LogP contribution in [-0.2, 0) is 6.42 Å². The molecule has 0 unspecified atom stereocenters. The Morgan fingerprint density at radius 1 is 1.00 bits per heavy atom. The van der Waals surface area contributed by atoms with Crippen LogP contribution in [0.15, 0.2) is 40.9 Å². The molecular weight excluding hydrogens is 354 g/mol. The molecule has 150 valence electrons. The number of nitrogens with zero attached hydrogens (tertiary/aromatic N) is 3. The molecule has 0 N–H and O–H groups in total. The smallest absolute Gasteiger partial charge is 0.291 e. The minimum Gasteiger partial charge on any atom is -0.428 e. The van der Waals surface area contributed by atoms with Crippen molar-refractivity contribution in [2.24, 2.45) is 0 Å². The second-order valence-electron chi connectivity index (χ2n) is 7.45. The van der Waals surface area contributed by atoms with E-state index in [0.29, 0.717) is 19.5 Å². The number of Topliss-reactive ketones (excluding diaryl/α,β-unsaturated/α-hetero) is 1. The number of amides is 1. The fourth-order valence-corrected chi connectivity index (χ4v) is 3.39. The summed E-state index contributed by atoms with van der Waals surface area (Å²) in [5, 5.41) is 0. The number of benzene rings is 1. The summed E-state index contributed by atoms with van der Waals surface area (Å²) in [5.41, 5.74) is 1.36. The van der Waals surface area contributed by atoms with Gasteiger partial charge < -0.3 is 14.2 Å². The first-order chi connectivity index (χ1) is 13.6. The SMILES string of the molecule is CN1CCN(C(=O)c2cnc(C(=O)CCCCCCc3ccccc3)o2)CC1. The van der Waals surface area contributed by atoms with Crippen LogP contribution in [0.2, 0.25) is 0 Å². The monoisotopic (exact) mass is 383 g/mol. The maximum Gasteiger partial charge on any atom is 0.291 e. The number of ketones is 1. The van der Waals surface area contributed by atoms with E-state index in [1.807, 2.05) is 13.1 Å². The molecule has 1 amide bonds. The van der Waals surface area contributed by atoms with Gasteiger partial charge in [-0.15, -0.1) is 0 Å². The number of hydrogen-bond acceptors (Lipinski definition) is 5. The predicted molar refractivity (Wildman–Crippen MR) is 107 cm³/mol. The predicted octanol–water partition coefficient (Wildman–Crippen LogP) is 3.44. The quantitative estimate of drug-likeness (QED) is 0.490. The zero-order valence-corrected chi connectivity index (χ0v) is 16.6. The number of carbonyl (C=O) groups is 2. The van der Waals surface area contributed by atoms with E-state index in [9.17, 15) is 9.59 Å². The molecule has 0 saturated carbocycles. The van der Waals surface area contributed by atoms with Gasteiger partial charge >= 0.3 is 0 Å². The molecule has 1 aliphatic rings. The van der Waals surface area contributed by atoms with E-state index >= 15 is 0 Å². The van der Waals surface area contributed by atoms with Crippen LogP contribution in [0, 0.1) is 0 Å². The molecule has 1 aromatic heterocycles. The molecule has 6 heteroatoms. The van der Waals surface area contributed by atoms with Gasteiger partial charge in [0.1, 0.15) is 0 Å². The van der Waals surface area contributed by atoms with Crippen molar-refractivity contribution >= 4 is 11.7 Å². The first-order valence-electron chi connectivity index (χ1n) is 10.1. The molecule has 0 spiro atoms. The fourth-order valence-electron chi connectivity index (χ4n) is 3.39. The lowest BCUT2D eigenvalue weighted by Crippen LogP contribution is -2.47. The topological polar surface area (TPSA) is 66.7 Å². The number of oxazole rings is 1. The van der Waals surface area contributed by atoms with Crippen molar-refractivity contribution in [1.29, 1.82) is 0 Å². The van der Waals surface area contributed by atoms with Gasteiger partial charge in [-0.1, -0.05) is 43.2 Å². The van der Waals surface area contributed by atoms with Gasteiger partial charge in [-0.2, -0.15) is 0 Å². The molecule has 2 aromatic rings. The largest absolute Gasteiger partial charge is 0.428 e. The van der Waals surface area contributed by atoms with Gasteiger partial charge in [0.05, 0.1) is 6.20 Å². The third-order valence-electron chi connectivity index (χ3n) is 5.21. The van der Waals surface area contributed by atoms with Crippen LogP contribution in [0.4, 0.5) is 0 Å². The van der Waals surface area contributed by atoms with Crippen LogP contribution >= 0.6 is 0 Å². The second kappa shape index (κ2) is 10.2. The van der Waals surface area contributed by atoms with Gasteiger partial charge in [0.25, 0.3) is 11.8 Å². The molecule has 1 fully saturated rings. The summed E-state index contributed by atoms with van der Waals surface area (Å²) in [6.07, 6.45) is 6.92. The second-order valence-corrected chi connectivity index (χ2v) is 7.45. The first-order valence-corrected chi connectivity index (χ1v) is 10.1. The van der Waals surface area contributed by atoms with Gasteiger partial charge in [0.15, 0.2) is 0 Å². The Kier molecular flexibility index (Phi) is 7.37. The molecule has 6 nitrogen and oxygen atoms in total. The highest BCUT2D eigenvalue weighted by molar-refractivity contribution is 5.95. The van der Waals surface area contributed by atoms with Gasteiger partial charge in [-0.3, -0.25) is 9.59 Å². The summed E-state index contributed by atoms with van der Waals surface area (Å²) >= 11 is 0. The van der Waals surface area contributed by atoms with E-state index in [2.05, 4.69) is 34.1 Å². The van der Waals surface area contributed by atoms with Gasteiger partial charge in [0, 0.05) is 32.6 Å².